The van der Waals surface area contributed by atoms with E-state index in [1.54, 1.807) is 6.07 Å². The van der Waals surface area contributed by atoms with E-state index in [0.29, 0.717) is 17.9 Å². The Labute approximate surface area is 114 Å². The zero-order chi connectivity index (χ0) is 14.3. The van der Waals surface area contributed by atoms with Crippen LogP contribution in [-0.4, -0.2) is 46.1 Å². The van der Waals surface area contributed by atoms with Gasteiger partial charge in [0.25, 0.3) is 5.91 Å². The van der Waals surface area contributed by atoms with E-state index in [0.717, 1.165) is 4.90 Å². The van der Waals surface area contributed by atoms with Crippen LogP contribution in [0.25, 0.3) is 0 Å². The Bertz CT molecular complexity index is 586. The van der Waals surface area contributed by atoms with Crippen molar-refractivity contribution in [2.45, 2.75) is 18.6 Å². The summed E-state index contributed by atoms with van der Waals surface area (Å²) in [6.07, 6.45) is 0.470. The SMILES string of the molecule is O=C(c1ccc2c(c1)OCO2)N1CCCC1(O)C(=O)O. The highest BCUT2D eigenvalue weighted by Gasteiger charge is 2.48. The lowest BCUT2D eigenvalue weighted by atomic mass is 10.1. The van der Waals surface area contributed by atoms with Gasteiger partial charge in [-0.3, -0.25) is 4.79 Å². The third-order valence-corrected chi connectivity index (χ3v) is 3.56. The predicted molar refractivity (Wildman–Crippen MR) is 65.4 cm³/mol. The number of aliphatic hydroxyl groups is 1. The first-order chi connectivity index (χ1) is 9.52. The standard InChI is InChI=1S/C13H13NO6/c15-11(14-5-1-4-13(14,18)12(16)17)8-2-3-9-10(6-8)20-7-19-9/h2-3,6,18H,1,4-5,7H2,(H,16,17). The van der Waals surface area contributed by atoms with Gasteiger partial charge in [-0.2, -0.15) is 0 Å². The summed E-state index contributed by atoms with van der Waals surface area (Å²) < 4.78 is 10.3. The quantitative estimate of drug-likeness (QED) is 0.814. The maximum Gasteiger partial charge on any atom is 0.357 e. The summed E-state index contributed by atoms with van der Waals surface area (Å²) in [6, 6.07) is 4.60. The molecule has 20 heavy (non-hydrogen) atoms. The van der Waals surface area contributed by atoms with Gasteiger partial charge in [-0.05, 0) is 24.6 Å². The lowest BCUT2D eigenvalue weighted by molar-refractivity contribution is -0.171. The lowest BCUT2D eigenvalue weighted by Crippen LogP contribution is -2.53. The number of carboxylic acid groups (broad SMARTS) is 1. The number of carbonyl (C=O) groups is 2. The monoisotopic (exact) mass is 279 g/mol. The van der Waals surface area contributed by atoms with Gasteiger partial charge < -0.3 is 24.6 Å². The number of fused-ring (bicyclic) bond motifs is 1. The van der Waals surface area contributed by atoms with Gasteiger partial charge >= 0.3 is 5.97 Å². The number of aliphatic carboxylic acids is 1. The molecular formula is C13H13NO6. The normalized spacial score (nSPS) is 23.9. The van der Waals surface area contributed by atoms with Crippen LogP contribution in [-0.2, 0) is 4.79 Å². The molecule has 3 rings (SSSR count). The fraction of sp³-hybridized carbons (Fsp3) is 0.385. The molecule has 0 bridgehead atoms. The summed E-state index contributed by atoms with van der Waals surface area (Å²) in [5.74, 6) is -0.972. The summed E-state index contributed by atoms with van der Waals surface area (Å²) in [7, 11) is 0. The molecule has 106 valence electrons. The van der Waals surface area contributed by atoms with Crippen LogP contribution >= 0.6 is 0 Å². The molecule has 1 saturated heterocycles. The molecule has 2 N–H and O–H groups in total. The van der Waals surface area contributed by atoms with Gasteiger partial charge in [-0.1, -0.05) is 0 Å². The summed E-state index contributed by atoms with van der Waals surface area (Å²) in [5, 5.41) is 19.2. The van der Waals surface area contributed by atoms with E-state index >= 15 is 0 Å². The van der Waals surface area contributed by atoms with Gasteiger partial charge in [0.1, 0.15) is 0 Å². The number of amides is 1. The van der Waals surface area contributed by atoms with E-state index in [2.05, 4.69) is 0 Å². The third kappa shape index (κ3) is 1.78. The highest BCUT2D eigenvalue weighted by molar-refractivity contribution is 5.98. The smallest absolute Gasteiger partial charge is 0.357 e. The number of likely N-dealkylation sites (tertiary alicyclic amines) is 1. The summed E-state index contributed by atoms with van der Waals surface area (Å²) in [5.41, 5.74) is -1.87. The molecule has 1 aromatic carbocycles. The first kappa shape index (κ1) is 12.7. The average Bonchev–Trinajstić information content (AvgIpc) is 3.03. The summed E-state index contributed by atoms with van der Waals surface area (Å²) >= 11 is 0. The van der Waals surface area contributed by atoms with E-state index < -0.39 is 17.6 Å². The highest BCUT2D eigenvalue weighted by atomic mass is 16.7. The van der Waals surface area contributed by atoms with Crippen LogP contribution in [0.2, 0.25) is 0 Å². The molecular weight excluding hydrogens is 266 g/mol. The number of ether oxygens (including phenoxy) is 2. The van der Waals surface area contributed by atoms with E-state index in [4.69, 9.17) is 14.6 Å². The van der Waals surface area contributed by atoms with Gasteiger partial charge in [0.15, 0.2) is 11.5 Å². The van der Waals surface area contributed by atoms with Crippen molar-refractivity contribution in [2.75, 3.05) is 13.3 Å². The molecule has 7 nitrogen and oxygen atoms in total. The first-order valence-corrected chi connectivity index (χ1v) is 6.20. The Morgan fingerprint density at radius 1 is 1.25 bits per heavy atom. The van der Waals surface area contributed by atoms with Crippen LogP contribution in [0.5, 0.6) is 11.5 Å². The molecule has 0 aromatic heterocycles. The molecule has 1 atom stereocenters. The van der Waals surface area contributed by atoms with Crippen molar-refractivity contribution in [1.29, 1.82) is 0 Å². The molecule has 1 unspecified atom stereocenters. The Morgan fingerprint density at radius 3 is 2.75 bits per heavy atom. The van der Waals surface area contributed by atoms with Crippen LogP contribution in [0, 0.1) is 0 Å². The van der Waals surface area contributed by atoms with Gasteiger partial charge in [-0.15, -0.1) is 0 Å². The first-order valence-electron chi connectivity index (χ1n) is 6.20. The zero-order valence-corrected chi connectivity index (χ0v) is 10.5. The minimum atomic E-state index is -2.13. The maximum atomic E-state index is 12.4. The Kier molecular flexibility index (Phi) is 2.79. The van der Waals surface area contributed by atoms with Crippen LogP contribution < -0.4 is 9.47 Å². The Balaban J connectivity index is 1.91. The molecule has 1 aromatic rings. The van der Waals surface area contributed by atoms with Crippen LogP contribution in [0.4, 0.5) is 0 Å². The number of rotatable bonds is 2. The van der Waals surface area contributed by atoms with Crippen LogP contribution in [0.3, 0.4) is 0 Å². The molecule has 2 aliphatic rings. The number of hydrogen-bond acceptors (Lipinski definition) is 5. The van der Waals surface area contributed by atoms with E-state index in [1.165, 1.54) is 12.1 Å². The van der Waals surface area contributed by atoms with Gasteiger partial charge in [0.2, 0.25) is 12.5 Å². The fourth-order valence-electron chi connectivity index (χ4n) is 2.48. The zero-order valence-electron chi connectivity index (χ0n) is 10.5. The van der Waals surface area contributed by atoms with E-state index in [1.807, 2.05) is 0 Å². The summed E-state index contributed by atoms with van der Waals surface area (Å²) in [4.78, 5) is 24.5. The number of nitrogens with zero attached hydrogens (tertiary/aromatic N) is 1. The van der Waals surface area contributed by atoms with Crippen molar-refractivity contribution in [3.8, 4) is 11.5 Å². The van der Waals surface area contributed by atoms with Crippen molar-refractivity contribution in [3.05, 3.63) is 23.8 Å². The fourth-order valence-corrected chi connectivity index (χ4v) is 2.48. The highest BCUT2D eigenvalue weighted by Crippen LogP contribution is 2.34. The Hall–Kier alpha value is -2.28. The van der Waals surface area contributed by atoms with E-state index in [-0.39, 0.29) is 25.3 Å². The molecule has 0 saturated carbocycles. The van der Waals surface area contributed by atoms with Crippen molar-refractivity contribution in [1.82, 2.24) is 4.90 Å². The lowest BCUT2D eigenvalue weighted by Gasteiger charge is -2.29. The minimum absolute atomic E-state index is 0.0264. The molecule has 0 aliphatic carbocycles. The van der Waals surface area contributed by atoms with Crippen molar-refractivity contribution in [2.24, 2.45) is 0 Å². The van der Waals surface area contributed by atoms with Gasteiger partial charge in [0.05, 0.1) is 0 Å². The molecule has 0 spiro atoms. The van der Waals surface area contributed by atoms with Crippen molar-refractivity contribution in [3.63, 3.8) is 0 Å². The number of carboxylic acids is 1. The van der Waals surface area contributed by atoms with Crippen molar-refractivity contribution >= 4 is 11.9 Å². The molecule has 2 heterocycles. The predicted octanol–water partition coefficient (Wildman–Crippen LogP) is 0.424. The molecule has 7 heteroatoms. The molecule has 1 fully saturated rings. The number of benzene rings is 1. The second-order valence-corrected chi connectivity index (χ2v) is 4.75. The minimum Gasteiger partial charge on any atom is -0.478 e. The van der Waals surface area contributed by atoms with Crippen LogP contribution in [0.1, 0.15) is 23.2 Å². The second-order valence-electron chi connectivity index (χ2n) is 4.75. The average molecular weight is 279 g/mol. The Morgan fingerprint density at radius 2 is 2.00 bits per heavy atom. The second kappa shape index (κ2) is 4.38. The third-order valence-electron chi connectivity index (χ3n) is 3.56. The van der Waals surface area contributed by atoms with E-state index in [9.17, 15) is 14.7 Å². The topological polar surface area (TPSA) is 96.3 Å². The molecule has 2 aliphatic heterocycles. The largest absolute Gasteiger partial charge is 0.478 e. The molecule has 1 amide bonds. The molecule has 0 radical (unpaired) electrons. The number of carbonyl (C=O) groups excluding carboxylic acids is 1. The number of hydrogen-bond donors (Lipinski definition) is 2. The van der Waals surface area contributed by atoms with Gasteiger partial charge in [-0.25, -0.2) is 4.79 Å². The van der Waals surface area contributed by atoms with Gasteiger partial charge in [0, 0.05) is 18.5 Å². The van der Waals surface area contributed by atoms with Crippen LogP contribution in [0.15, 0.2) is 18.2 Å². The maximum absolute atomic E-state index is 12.4. The summed E-state index contributed by atoms with van der Waals surface area (Å²) in [6.45, 7) is 0.297. The van der Waals surface area contributed by atoms with Crippen molar-refractivity contribution < 1.29 is 29.3 Å².